The molecule has 0 amide bonds. The average molecular weight is 249 g/mol. The first-order valence-electron chi connectivity index (χ1n) is 6.25. The van der Waals surface area contributed by atoms with Gasteiger partial charge >= 0.3 is 5.97 Å². The summed E-state index contributed by atoms with van der Waals surface area (Å²) in [6, 6.07) is 9.58. The Kier molecular flexibility index (Phi) is 3.99. The summed E-state index contributed by atoms with van der Waals surface area (Å²) in [6.07, 6.45) is 1.20. The Morgan fingerprint density at radius 3 is 2.67 bits per heavy atom. The number of benzene rings is 1. The maximum atomic E-state index is 11.9. The lowest BCUT2D eigenvalue weighted by molar-refractivity contribution is -0.162. The molecule has 0 saturated heterocycles. The molecular formula is C14H19NO3. The monoisotopic (exact) mass is 249 g/mol. The molecule has 18 heavy (non-hydrogen) atoms. The van der Waals surface area contributed by atoms with E-state index in [0.717, 1.165) is 5.56 Å². The van der Waals surface area contributed by atoms with E-state index in [1.807, 2.05) is 37.3 Å². The Morgan fingerprint density at radius 1 is 1.39 bits per heavy atom. The minimum atomic E-state index is -0.853. The van der Waals surface area contributed by atoms with E-state index in [-0.39, 0.29) is 18.7 Å². The summed E-state index contributed by atoms with van der Waals surface area (Å²) in [5, 5.41) is 0. The summed E-state index contributed by atoms with van der Waals surface area (Å²) in [4.78, 5) is 11.9. The second kappa shape index (κ2) is 5.50. The van der Waals surface area contributed by atoms with Crippen LogP contribution >= 0.6 is 0 Å². The van der Waals surface area contributed by atoms with Gasteiger partial charge in [0, 0.05) is 19.4 Å². The van der Waals surface area contributed by atoms with Crippen molar-refractivity contribution in [1.29, 1.82) is 0 Å². The van der Waals surface area contributed by atoms with Crippen LogP contribution in [-0.2, 0) is 20.9 Å². The normalized spacial score (nSPS) is 26.4. The molecule has 0 bridgehead atoms. The molecule has 1 fully saturated rings. The van der Waals surface area contributed by atoms with Crippen LogP contribution in [-0.4, -0.2) is 24.2 Å². The molecule has 0 aromatic heterocycles. The Balaban J connectivity index is 1.79. The van der Waals surface area contributed by atoms with E-state index in [4.69, 9.17) is 15.2 Å². The molecule has 0 aliphatic heterocycles. The average Bonchev–Trinajstić information content (AvgIpc) is 2.35. The third kappa shape index (κ3) is 2.89. The van der Waals surface area contributed by atoms with Gasteiger partial charge in [-0.25, -0.2) is 0 Å². The summed E-state index contributed by atoms with van der Waals surface area (Å²) < 4.78 is 10.6. The molecule has 0 radical (unpaired) electrons. The van der Waals surface area contributed by atoms with Crippen LogP contribution in [0.3, 0.4) is 0 Å². The van der Waals surface area contributed by atoms with Crippen molar-refractivity contribution in [3.63, 3.8) is 0 Å². The van der Waals surface area contributed by atoms with Crippen LogP contribution in [0.2, 0.25) is 0 Å². The highest BCUT2D eigenvalue weighted by Crippen LogP contribution is 2.33. The SMILES string of the molecule is CCOC1CC(N)(C(=O)OCc2ccccc2)C1. The zero-order valence-electron chi connectivity index (χ0n) is 10.6. The third-order valence-electron chi connectivity index (χ3n) is 3.21. The van der Waals surface area contributed by atoms with Crippen LogP contribution in [0.1, 0.15) is 25.3 Å². The number of ether oxygens (including phenoxy) is 2. The van der Waals surface area contributed by atoms with E-state index in [9.17, 15) is 4.79 Å². The molecule has 2 rings (SSSR count). The maximum absolute atomic E-state index is 11.9. The highest BCUT2D eigenvalue weighted by Gasteiger charge is 2.48. The van der Waals surface area contributed by atoms with Crippen LogP contribution in [0, 0.1) is 0 Å². The molecular weight excluding hydrogens is 230 g/mol. The quantitative estimate of drug-likeness (QED) is 0.806. The van der Waals surface area contributed by atoms with Gasteiger partial charge in [0.2, 0.25) is 0 Å². The van der Waals surface area contributed by atoms with Gasteiger partial charge < -0.3 is 15.2 Å². The van der Waals surface area contributed by atoms with E-state index in [2.05, 4.69) is 0 Å². The molecule has 1 saturated carbocycles. The second-order valence-corrected chi connectivity index (χ2v) is 4.70. The number of carbonyl (C=O) groups excluding carboxylic acids is 1. The summed E-state index contributed by atoms with van der Waals surface area (Å²) in [7, 11) is 0. The van der Waals surface area contributed by atoms with Gasteiger partial charge in [0.1, 0.15) is 12.1 Å². The van der Waals surface area contributed by atoms with E-state index >= 15 is 0 Å². The first-order valence-corrected chi connectivity index (χ1v) is 6.25. The molecule has 1 aliphatic rings. The largest absolute Gasteiger partial charge is 0.459 e. The van der Waals surface area contributed by atoms with Crippen molar-refractivity contribution in [2.75, 3.05) is 6.61 Å². The van der Waals surface area contributed by atoms with Gasteiger partial charge in [-0.05, 0) is 12.5 Å². The van der Waals surface area contributed by atoms with Gasteiger partial charge in [-0.3, -0.25) is 4.79 Å². The lowest BCUT2D eigenvalue weighted by atomic mass is 9.75. The smallest absolute Gasteiger partial charge is 0.326 e. The molecule has 0 unspecified atom stereocenters. The first-order chi connectivity index (χ1) is 8.64. The minimum Gasteiger partial charge on any atom is -0.459 e. The van der Waals surface area contributed by atoms with Gasteiger partial charge in [0.05, 0.1) is 6.10 Å². The zero-order chi connectivity index (χ0) is 13.0. The van der Waals surface area contributed by atoms with E-state index in [1.54, 1.807) is 0 Å². The van der Waals surface area contributed by atoms with Crippen molar-refractivity contribution < 1.29 is 14.3 Å². The lowest BCUT2D eigenvalue weighted by Gasteiger charge is -2.41. The van der Waals surface area contributed by atoms with Gasteiger partial charge in [0.25, 0.3) is 0 Å². The summed E-state index contributed by atoms with van der Waals surface area (Å²) in [6.45, 7) is 2.86. The summed E-state index contributed by atoms with van der Waals surface area (Å²) >= 11 is 0. The number of hydrogen-bond acceptors (Lipinski definition) is 4. The molecule has 0 heterocycles. The van der Waals surface area contributed by atoms with Gasteiger partial charge in [0.15, 0.2) is 0 Å². The standard InChI is InChI=1S/C14H19NO3/c1-2-17-12-8-14(15,9-12)13(16)18-10-11-6-4-3-5-7-11/h3-7,12H,2,8-10,15H2,1H3. The second-order valence-electron chi connectivity index (χ2n) is 4.70. The Labute approximate surface area is 107 Å². The Bertz CT molecular complexity index is 399. The Hall–Kier alpha value is -1.39. The highest BCUT2D eigenvalue weighted by atomic mass is 16.5. The number of hydrogen-bond donors (Lipinski definition) is 1. The van der Waals surface area contributed by atoms with E-state index in [0.29, 0.717) is 19.4 Å². The summed E-state index contributed by atoms with van der Waals surface area (Å²) in [5.74, 6) is -0.331. The lowest BCUT2D eigenvalue weighted by Crippen LogP contribution is -2.61. The fourth-order valence-electron chi connectivity index (χ4n) is 2.14. The molecule has 0 atom stereocenters. The molecule has 2 N–H and O–H groups in total. The number of esters is 1. The predicted molar refractivity (Wildman–Crippen MR) is 67.8 cm³/mol. The van der Waals surface area contributed by atoms with Crippen LogP contribution < -0.4 is 5.73 Å². The maximum Gasteiger partial charge on any atom is 0.326 e. The topological polar surface area (TPSA) is 61.5 Å². The molecule has 1 aromatic rings. The molecule has 1 aliphatic carbocycles. The van der Waals surface area contributed by atoms with Crippen LogP contribution in [0.25, 0.3) is 0 Å². The van der Waals surface area contributed by atoms with Crippen molar-refractivity contribution in [2.45, 2.75) is 38.0 Å². The van der Waals surface area contributed by atoms with E-state index < -0.39 is 5.54 Å². The third-order valence-corrected chi connectivity index (χ3v) is 3.21. The minimum absolute atomic E-state index is 0.101. The van der Waals surface area contributed by atoms with Crippen LogP contribution in [0.15, 0.2) is 30.3 Å². The molecule has 98 valence electrons. The van der Waals surface area contributed by atoms with Crippen LogP contribution in [0.4, 0.5) is 0 Å². The molecule has 4 nitrogen and oxygen atoms in total. The van der Waals surface area contributed by atoms with Crippen LogP contribution in [0.5, 0.6) is 0 Å². The number of carbonyl (C=O) groups is 1. The van der Waals surface area contributed by atoms with Crippen molar-refractivity contribution in [3.05, 3.63) is 35.9 Å². The predicted octanol–water partition coefficient (Wildman–Crippen LogP) is 1.63. The van der Waals surface area contributed by atoms with Gasteiger partial charge in [-0.15, -0.1) is 0 Å². The van der Waals surface area contributed by atoms with Gasteiger partial charge in [-0.2, -0.15) is 0 Å². The zero-order valence-corrected chi connectivity index (χ0v) is 10.6. The van der Waals surface area contributed by atoms with Crippen molar-refractivity contribution >= 4 is 5.97 Å². The van der Waals surface area contributed by atoms with Crippen molar-refractivity contribution in [1.82, 2.24) is 0 Å². The van der Waals surface area contributed by atoms with Gasteiger partial charge in [-0.1, -0.05) is 30.3 Å². The summed E-state index contributed by atoms with van der Waals surface area (Å²) in [5.41, 5.74) is 6.09. The number of nitrogens with two attached hydrogens (primary N) is 1. The molecule has 4 heteroatoms. The number of rotatable bonds is 5. The highest BCUT2D eigenvalue weighted by molar-refractivity contribution is 5.82. The van der Waals surface area contributed by atoms with Crippen molar-refractivity contribution in [3.8, 4) is 0 Å². The first kappa shape index (κ1) is 13.1. The fraction of sp³-hybridized carbons (Fsp3) is 0.500. The van der Waals surface area contributed by atoms with Crippen molar-refractivity contribution in [2.24, 2.45) is 5.73 Å². The molecule has 1 aromatic carbocycles. The Morgan fingerprint density at radius 2 is 2.06 bits per heavy atom. The fourth-order valence-corrected chi connectivity index (χ4v) is 2.14. The molecule has 0 spiro atoms. The van der Waals surface area contributed by atoms with E-state index in [1.165, 1.54) is 0 Å².